The predicted molar refractivity (Wildman–Crippen MR) is 99.0 cm³/mol. The Hall–Kier alpha value is -1.76. The van der Waals surface area contributed by atoms with Gasteiger partial charge in [-0.1, -0.05) is 18.2 Å². The second-order valence-electron chi connectivity index (χ2n) is 5.11. The lowest BCUT2D eigenvalue weighted by atomic mass is 10.1. The number of benzene rings is 2. The van der Waals surface area contributed by atoms with E-state index in [-0.39, 0.29) is 5.91 Å². The Bertz CT molecular complexity index is 643. The summed E-state index contributed by atoms with van der Waals surface area (Å²) < 4.78 is 11.9. The Morgan fingerprint density at radius 2 is 1.91 bits per heavy atom. The fraction of sp³-hybridized carbons (Fsp3) is 0.278. The van der Waals surface area contributed by atoms with Crippen LogP contribution in [0.5, 0.6) is 11.5 Å². The van der Waals surface area contributed by atoms with Gasteiger partial charge in [0.15, 0.2) is 6.10 Å². The van der Waals surface area contributed by atoms with Crippen molar-refractivity contribution < 1.29 is 14.3 Å². The van der Waals surface area contributed by atoms with Crippen molar-refractivity contribution in [3.63, 3.8) is 0 Å². The van der Waals surface area contributed by atoms with Gasteiger partial charge in [-0.2, -0.15) is 0 Å². The van der Waals surface area contributed by atoms with Crippen LogP contribution in [-0.4, -0.2) is 25.7 Å². The van der Waals surface area contributed by atoms with Crippen LogP contribution in [0.4, 0.5) is 0 Å². The fourth-order valence-corrected chi connectivity index (χ4v) is 2.58. The molecule has 1 amide bonds. The first kappa shape index (κ1) is 17.6. The quantitative estimate of drug-likeness (QED) is 0.692. The minimum Gasteiger partial charge on any atom is -0.497 e. The molecule has 0 heterocycles. The van der Waals surface area contributed by atoms with Gasteiger partial charge in [0, 0.05) is 10.1 Å². The molecule has 2 aromatic rings. The van der Waals surface area contributed by atoms with Gasteiger partial charge in [0.25, 0.3) is 5.91 Å². The van der Waals surface area contributed by atoms with Crippen molar-refractivity contribution in [2.45, 2.75) is 19.4 Å². The van der Waals surface area contributed by atoms with Crippen molar-refractivity contribution in [1.29, 1.82) is 0 Å². The Labute approximate surface area is 150 Å². The molecule has 0 aromatic heterocycles. The van der Waals surface area contributed by atoms with E-state index in [1.165, 1.54) is 0 Å². The lowest BCUT2D eigenvalue weighted by Gasteiger charge is -2.15. The predicted octanol–water partition coefficient (Wildman–Crippen LogP) is 3.43. The summed E-state index contributed by atoms with van der Waals surface area (Å²) in [6.07, 6.45) is 0.246. The Morgan fingerprint density at radius 1 is 1.17 bits per heavy atom. The van der Waals surface area contributed by atoms with Crippen LogP contribution >= 0.6 is 22.6 Å². The van der Waals surface area contributed by atoms with Crippen LogP contribution in [0.25, 0.3) is 0 Å². The summed E-state index contributed by atoms with van der Waals surface area (Å²) in [5.41, 5.74) is 1.15. The third kappa shape index (κ3) is 5.74. The zero-order valence-electron chi connectivity index (χ0n) is 13.2. The lowest BCUT2D eigenvalue weighted by molar-refractivity contribution is -0.127. The van der Waals surface area contributed by atoms with Crippen molar-refractivity contribution >= 4 is 28.5 Å². The summed E-state index contributed by atoms with van der Waals surface area (Å²) in [5, 5.41) is 2.90. The van der Waals surface area contributed by atoms with Crippen LogP contribution in [-0.2, 0) is 11.2 Å². The molecule has 5 heteroatoms. The Balaban J connectivity index is 1.77. The van der Waals surface area contributed by atoms with E-state index in [0.717, 1.165) is 21.3 Å². The van der Waals surface area contributed by atoms with E-state index in [1.807, 2.05) is 48.5 Å². The average molecular weight is 425 g/mol. The lowest BCUT2D eigenvalue weighted by Crippen LogP contribution is -2.37. The van der Waals surface area contributed by atoms with E-state index in [2.05, 4.69) is 27.9 Å². The normalized spacial score (nSPS) is 11.6. The molecule has 0 fully saturated rings. The van der Waals surface area contributed by atoms with Crippen molar-refractivity contribution in [2.24, 2.45) is 0 Å². The summed E-state index contributed by atoms with van der Waals surface area (Å²) in [6.45, 7) is 2.33. The molecule has 0 bridgehead atoms. The van der Waals surface area contributed by atoms with Gasteiger partial charge in [0.05, 0.1) is 7.11 Å². The largest absolute Gasteiger partial charge is 0.497 e. The number of hydrogen-bond donors (Lipinski definition) is 1. The smallest absolute Gasteiger partial charge is 0.260 e. The van der Waals surface area contributed by atoms with Crippen LogP contribution in [0.2, 0.25) is 0 Å². The van der Waals surface area contributed by atoms with E-state index in [1.54, 1.807) is 14.0 Å². The second kappa shape index (κ2) is 8.76. The van der Waals surface area contributed by atoms with Gasteiger partial charge in [-0.15, -0.1) is 0 Å². The molecule has 2 rings (SSSR count). The highest BCUT2D eigenvalue weighted by molar-refractivity contribution is 14.1. The zero-order valence-corrected chi connectivity index (χ0v) is 15.4. The average Bonchev–Trinajstić information content (AvgIpc) is 2.55. The summed E-state index contributed by atoms with van der Waals surface area (Å²) >= 11 is 2.21. The van der Waals surface area contributed by atoms with Crippen molar-refractivity contribution in [1.82, 2.24) is 5.32 Å². The third-order valence-electron chi connectivity index (χ3n) is 3.35. The number of ether oxygens (including phenoxy) is 2. The molecule has 2 aromatic carbocycles. The first-order valence-electron chi connectivity index (χ1n) is 7.41. The molecule has 122 valence electrons. The molecule has 4 nitrogen and oxygen atoms in total. The minimum atomic E-state index is -0.524. The summed E-state index contributed by atoms with van der Waals surface area (Å²) in [7, 11) is 1.64. The summed E-state index contributed by atoms with van der Waals surface area (Å²) in [5.74, 6) is 1.42. The van der Waals surface area contributed by atoms with E-state index < -0.39 is 6.10 Å². The number of carbonyl (C=O) groups excluding carboxylic acids is 1. The second-order valence-corrected chi connectivity index (χ2v) is 6.35. The Kier molecular flexibility index (Phi) is 6.70. The van der Waals surface area contributed by atoms with Crippen LogP contribution in [0.15, 0.2) is 48.5 Å². The van der Waals surface area contributed by atoms with Gasteiger partial charge < -0.3 is 14.8 Å². The molecular formula is C18H20INO3. The topological polar surface area (TPSA) is 47.6 Å². The molecule has 0 aliphatic carbocycles. The van der Waals surface area contributed by atoms with Gasteiger partial charge in [0.1, 0.15) is 11.5 Å². The number of amides is 1. The van der Waals surface area contributed by atoms with E-state index in [0.29, 0.717) is 12.3 Å². The molecule has 0 spiro atoms. The number of hydrogen-bond acceptors (Lipinski definition) is 3. The SMILES string of the molecule is COc1ccc(CCNC(=O)C(C)Oc2cccc(I)c2)cc1. The molecular weight excluding hydrogens is 405 g/mol. The highest BCUT2D eigenvalue weighted by atomic mass is 127. The number of nitrogens with one attached hydrogen (secondary N) is 1. The van der Waals surface area contributed by atoms with E-state index in [9.17, 15) is 4.79 Å². The zero-order chi connectivity index (χ0) is 16.7. The van der Waals surface area contributed by atoms with Crippen LogP contribution in [0.3, 0.4) is 0 Å². The van der Waals surface area contributed by atoms with Crippen molar-refractivity contribution in [3.8, 4) is 11.5 Å². The van der Waals surface area contributed by atoms with Crippen LogP contribution in [0.1, 0.15) is 12.5 Å². The minimum absolute atomic E-state index is 0.114. The van der Waals surface area contributed by atoms with Gasteiger partial charge in [-0.05, 0) is 71.8 Å². The third-order valence-corrected chi connectivity index (χ3v) is 4.02. The van der Waals surface area contributed by atoms with Crippen LogP contribution < -0.4 is 14.8 Å². The number of methoxy groups -OCH3 is 1. The van der Waals surface area contributed by atoms with Crippen molar-refractivity contribution in [2.75, 3.05) is 13.7 Å². The van der Waals surface area contributed by atoms with Crippen molar-refractivity contribution in [3.05, 3.63) is 57.7 Å². The van der Waals surface area contributed by atoms with Gasteiger partial charge >= 0.3 is 0 Å². The monoisotopic (exact) mass is 425 g/mol. The van der Waals surface area contributed by atoms with Gasteiger partial charge in [0.2, 0.25) is 0 Å². The Morgan fingerprint density at radius 3 is 2.57 bits per heavy atom. The highest BCUT2D eigenvalue weighted by Gasteiger charge is 2.14. The van der Waals surface area contributed by atoms with Gasteiger partial charge in [-0.25, -0.2) is 0 Å². The molecule has 0 aliphatic rings. The summed E-state index contributed by atoms with van der Waals surface area (Å²) in [6, 6.07) is 15.5. The van der Waals surface area contributed by atoms with E-state index >= 15 is 0 Å². The molecule has 1 atom stereocenters. The first-order chi connectivity index (χ1) is 11.1. The standard InChI is InChI=1S/C18H20INO3/c1-13(23-17-5-3-4-15(19)12-17)18(21)20-11-10-14-6-8-16(22-2)9-7-14/h3-9,12-13H,10-11H2,1-2H3,(H,20,21). The number of rotatable bonds is 7. The highest BCUT2D eigenvalue weighted by Crippen LogP contribution is 2.16. The van der Waals surface area contributed by atoms with E-state index in [4.69, 9.17) is 9.47 Å². The number of halogens is 1. The molecule has 1 N–H and O–H groups in total. The molecule has 0 saturated heterocycles. The molecule has 23 heavy (non-hydrogen) atoms. The molecule has 0 radical (unpaired) electrons. The number of carbonyl (C=O) groups is 1. The maximum Gasteiger partial charge on any atom is 0.260 e. The molecule has 0 saturated carbocycles. The molecule has 0 aliphatic heterocycles. The fourth-order valence-electron chi connectivity index (χ4n) is 2.06. The maximum absolute atomic E-state index is 12.1. The first-order valence-corrected chi connectivity index (χ1v) is 8.49. The van der Waals surface area contributed by atoms with Crippen LogP contribution in [0, 0.1) is 3.57 Å². The maximum atomic E-state index is 12.1. The van der Waals surface area contributed by atoms with Gasteiger partial charge in [-0.3, -0.25) is 4.79 Å². The summed E-state index contributed by atoms with van der Waals surface area (Å²) in [4.78, 5) is 12.1. The molecule has 1 unspecified atom stereocenters.